The highest BCUT2D eigenvalue weighted by Crippen LogP contribution is 2.26. The third kappa shape index (κ3) is 6.57. The smallest absolute Gasteiger partial charge is 0.230 e. The van der Waals surface area contributed by atoms with E-state index in [2.05, 4.69) is 40.9 Å². The fourth-order valence-electron chi connectivity index (χ4n) is 2.66. The Balaban J connectivity index is 2.07. The molecule has 0 spiro atoms. The van der Waals surface area contributed by atoms with Gasteiger partial charge in [0.15, 0.2) is 11.0 Å². The highest BCUT2D eigenvalue weighted by atomic mass is 32.2. The van der Waals surface area contributed by atoms with E-state index >= 15 is 0 Å². The Morgan fingerprint density at radius 1 is 1.22 bits per heavy atom. The maximum Gasteiger partial charge on any atom is 0.230 e. The van der Waals surface area contributed by atoms with Gasteiger partial charge in [0.05, 0.1) is 12.9 Å². The molecule has 6 nitrogen and oxygen atoms in total. The second-order valence-electron chi connectivity index (χ2n) is 6.88. The Labute approximate surface area is 166 Å². The number of benzene rings is 1. The summed E-state index contributed by atoms with van der Waals surface area (Å²) >= 11 is 1.44. The average Bonchev–Trinajstić information content (AvgIpc) is 3.05. The standard InChI is InChI=1S/C20H30N4O2S/c1-5-6-7-12-21-18(25)14-27-20-23-22-19(24(20)13-15(2)3)16-8-10-17(26-4)11-9-16/h8-11,15H,5-7,12-14H2,1-4H3,(H,21,25). The Kier molecular flexibility index (Phi) is 8.64. The predicted octanol–water partition coefficient (Wildman–Crippen LogP) is 4.01. The molecule has 0 fully saturated rings. The molecule has 1 heterocycles. The molecule has 0 saturated carbocycles. The Morgan fingerprint density at radius 2 is 1.96 bits per heavy atom. The quantitative estimate of drug-likeness (QED) is 0.464. The first kappa shape index (κ1) is 21.3. The van der Waals surface area contributed by atoms with Gasteiger partial charge >= 0.3 is 0 Å². The van der Waals surface area contributed by atoms with Crippen LogP contribution in [0.1, 0.15) is 40.0 Å². The van der Waals surface area contributed by atoms with Gasteiger partial charge in [-0.1, -0.05) is 45.4 Å². The molecular weight excluding hydrogens is 360 g/mol. The van der Waals surface area contributed by atoms with Crippen LogP contribution in [0.2, 0.25) is 0 Å². The maximum atomic E-state index is 12.1. The van der Waals surface area contributed by atoms with E-state index in [1.807, 2.05) is 24.3 Å². The predicted molar refractivity (Wildman–Crippen MR) is 110 cm³/mol. The summed E-state index contributed by atoms with van der Waals surface area (Å²) < 4.78 is 7.32. The van der Waals surface area contributed by atoms with E-state index in [0.717, 1.165) is 54.6 Å². The summed E-state index contributed by atoms with van der Waals surface area (Å²) in [6.07, 6.45) is 3.32. The van der Waals surface area contributed by atoms with E-state index in [0.29, 0.717) is 11.7 Å². The van der Waals surface area contributed by atoms with Crippen molar-refractivity contribution in [2.45, 2.75) is 51.7 Å². The van der Waals surface area contributed by atoms with Gasteiger partial charge in [-0.3, -0.25) is 4.79 Å². The number of thioether (sulfide) groups is 1. The van der Waals surface area contributed by atoms with E-state index in [9.17, 15) is 4.79 Å². The van der Waals surface area contributed by atoms with Crippen LogP contribution in [0, 0.1) is 5.92 Å². The van der Waals surface area contributed by atoms with Gasteiger partial charge in [-0.15, -0.1) is 10.2 Å². The van der Waals surface area contributed by atoms with Crippen molar-refractivity contribution in [2.24, 2.45) is 5.92 Å². The van der Waals surface area contributed by atoms with Crippen LogP contribution in [0.5, 0.6) is 5.75 Å². The highest BCUT2D eigenvalue weighted by molar-refractivity contribution is 7.99. The van der Waals surface area contributed by atoms with Gasteiger partial charge in [0.1, 0.15) is 5.75 Å². The molecular formula is C20H30N4O2S. The molecule has 0 unspecified atom stereocenters. The average molecular weight is 391 g/mol. The lowest BCUT2D eigenvalue weighted by atomic mass is 10.2. The molecule has 27 heavy (non-hydrogen) atoms. The van der Waals surface area contributed by atoms with Gasteiger partial charge in [0.2, 0.25) is 5.91 Å². The second kappa shape index (κ2) is 11.0. The van der Waals surface area contributed by atoms with Crippen LogP contribution in [0.25, 0.3) is 11.4 Å². The van der Waals surface area contributed by atoms with E-state index in [1.165, 1.54) is 11.8 Å². The van der Waals surface area contributed by atoms with Crippen LogP contribution in [-0.2, 0) is 11.3 Å². The monoisotopic (exact) mass is 390 g/mol. The van der Waals surface area contributed by atoms with Crippen LogP contribution in [0.4, 0.5) is 0 Å². The van der Waals surface area contributed by atoms with Crippen molar-refractivity contribution in [3.05, 3.63) is 24.3 Å². The lowest BCUT2D eigenvalue weighted by molar-refractivity contribution is -0.118. The first-order valence-corrected chi connectivity index (χ1v) is 10.5. The minimum atomic E-state index is 0.0428. The number of amides is 1. The number of carbonyl (C=O) groups is 1. The summed E-state index contributed by atoms with van der Waals surface area (Å²) in [5.74, 6) is 2.46. The SMILES string of the molecule is CCCCCNC(=O)CSc1nnc(-c2ccc(OC)cc2)n1CC(C)C. The third-order valence-corrected chi connectivity index (χ3v) is 5.01. The van der Waals surface area contributed by atoms with E-state index in [-0.39, 0.29) is 5.91 Å². The highest BCUT2D eigenvalue weighted by Gasteiger charge is 2.16. The molecule has 2 aromatic rings. The van der Waals surface area contributed by atoms with Gasteiger partial charge in [0, 0.05) is 18.7 Å². The van der Waals surface area contributed by atoms with Crippen molar-refractivity contribution in [3.8, 4) is 17.1 Å². The van der Waals surface area contributed by atoms with Crippen molar-refractivity contribution >= 4 is 17.7 Å². The zero-order chi connectivity index (χ0) is 19.6. The van der Waals surface area contributed by atoms with Gasteiger partial charge in [0.25, 0.3) is 0 Å². The largest absolute Gasteiger partial charge is 0.497 e. The topological polar surface area (TPSA) is 69.0 Å². The van der Waals surface area contributed by atoms with E-state index in [4.69, 9.17) is 4.74 Å². The minimum Gasteiger partial charge on any atom is -0.497 e. The molecule has 1 N–H and O–H groups in total. The third-order valence-electron chi connectivity index (χ3n) is 4.05. The molecule has 1 aromatic heterocycles. The summed E-state index contributed by atoms with van der Waals surface area (Å²) in [6.45, 7) is 8.01. The fraction of sp³-hybridized carbons (Fsp3) is 0.550. The van der Waals surface area contributed by atoms with Gasteiger partial charge < -0.3 is 14.6 Å². The van der Waals surface area contributed by atoms with Crippen molar-refractivity contribution in [3.63, 3.8) is 0 Å². The number of ether oxygens (including phenoxy) is 1. The van der Waals surface area contributed by atoms with Crippen molar-refractivity contribution in [1.29, 1.82) is 0 Å². The van der Waals surface area contributed by atoms with Crippen molar-refractivity contribution < 1.29 is 9.53 Å². The molecule has 1 amide bonds. The summed E-state index contributed by atoms with van der Waals surface area (Å²) in [5, 5.41) is 12.5. The van der Waals surface area contributed by atoms with E-state index < -0.39 is 0 Å². The lowest BCUT2D eigenvalue weighted by Crippen LogP contribution is -2.26. The van der Waals surface area contributed by atoms with E-state index in [1.54, 1.807) is 7.11 Å². The number of methoxy groups -OCH3 is 1. The second-order valence-corrected chi connectivity index (χ2v) is 7.83. The van der Waals surface area contributed by atoms with Crippen molar-refractivity contribution in [1.82, 2.24) is 20.1 Å². The van der Waals surface area contributed by atoms with Gasteiger partial charge in [-0.25, -0.2) is 0 Å². The molecule has 0 radical (unpaired) electrons. The normalized spacial score (nSPS) is 11.0. The number of aromatic nitrogens is 3. The van der Waals surface area contributed by atoms with Gasteiger partial charge in [-0.05, 0) is 36.6 Å². The number of nitrogens with zero attached hydrogens (tertiary/aromatic N) is 3. The molecule has 0 bridgehead atoms. The van der Waals surface area contributed by atoms with Crippen LogP contribution in [0.3, 0.4) is 0 Å². The molecule has 0 aliphatic carbocycles. The van der Waals surface area contributed by atoms with Gasteiger partial charge in [-0.2, -0.15) is 0 Å². The number of hydrogen-bond acceptors (Lipinski definition) is 5. The summed E-state index contributed by atoms with van der Waals surface area (Å²) in [7, 11) is 1.65. The molecule has 0 atom stereocenters. The molecule has 1 aromatic carbocycles. The number of rotatable bonds is 11. The summed E-state index contributed by atoms with van der Waals surface area (Å²) in [4.78, 5) is 12.1. The Bertz CT molecular complexity index is 713. The molecule has 148 valence electrons. The van der Waals surface area contributed by atoms with Crippen molar-refractivity contribution in [2.75, 3.05) is 19.4 Å². The molecule has 0 aliphatic rings. The zero-order valence-corrected chi connectivity index (χ0v) is 17.5. The fourth-order valence-corrected chi connectivity index (χ4v) is 3.44. The number of carbonyl (C=O) groups excluding carboxylic acids is 1. The maximum absolute atomic E-state index is 12.1. The zero-order valence-electron chi connectivity index (χ0n) is 16.7. The minimum absolute atomic E-state index is 0.0428. The van der Waals surface area contributed by atoms with Crippen LogP contribution in [-0.4, -0.2) is 40.1 Å². The number of nitrogens with one attached hydrogen (secondary N) is 1. The number of hydrogen-bond donors (Lipinski definition) is 1. The Hall–Kier alpha value is -2.02. The summed E-state index contributed by atoms with van der Waals surface area (Å²) in [6, 6.07) is 7.80. The van der Waals surface area contributed by atoms with Crippen LogP contribution < -0.4 is 10.1 Å². The lowest BCUT2D eigenvalue weighted by Gasteiger charge is -2.13. The Morgan fingerprint density at radius 3 is 2.59 bits per heavy atom. The first-order valence-electron chi connectivity index (χ1n) is 9.52. The molecule has 7 heteroatoms. The van der Waals surface area contributed by atoms with Crippen LogP contribution >= 0.6 is 11.8 Å². The molecule has 0 aliphatic heterocycles. The number of unbranched alkanes of at least 4 members (excludes halogenated alkanes) is 2. The van der Waals surface area contributed by atoms with Crippen LogP contribution in [0.15, 0.2) is 29.4 Å². The summed E-state index contributed by atoms with van der Waals surface area (Å²) in [5.41, 5.74) is 0.986. The molecule has 2 rings (SSSR count). The first-order chi connectivity index (χ1) is 13.0. The molecule has 0 saturated heterocycles.